The van der Waals surface area contributed by atoms with Crippen LogP contribution >= 0.6 is 0 Å². The molecule has 3 rings (SSSR count). The maximum absolute atomic E-state index is 12.7. The van der Waals surface area contributed by atoms with E-state index >= 15 is 0 Å². The summed E-state index contributed by atoms with van der Waals surface area (Å²) in [5, 5.41) is 0. The first-order valence-corrected chi connectivity index (χ1v) is 8.79. The van der Waals surface area contributed by atoms with Gasteiger partial charge in [-0.2, -0.15) is 0 Å². The maximum Gasteiger partial charge on any atom is 0.330 e. The lowest BCUT2D eigenvalue weighted by Crippen LogP contribution is -2.29. The van der Waals surface area contributed by atoms with Crippen LogP contribution in [0.25, 0.3) is 6.08 Å². The lowest BCUT2D eigenvalue weighted by molar-refractivity contribution is -0.134. The van der Waals surface area contributed by atoms with E-state index in [2.05, 4.69) is 9.72 Å². The standard InChI is InChI=1S/C17H16N2O4S/c1-23-16(20)8-7-13-11-14-9-10-19(17(14)18-12-13)24(21,22)15-5-3-2-4-6-15/h2-8,11-12H,9-10H2,1H3. The van der Waals surface area contributed by atoms with Crippen LogP contribution in [0.15, 0.2) is 53.6 Å². The highest BCUT2D eigenvalue weighted by atomic mass is 32.2. The number of sulfonamides is 1. The second-order valence-electron chi connectivity index (χ2n) is 5.25. The molecular formula is C17H16N2O4S. The number of benzene rings is 1. The smallest absolute Gasteiger partial charge is 0.330 e. The fourth-order valence-corrected chi connectivity index (χ4v) is 4.01. The molecule has 0 atom stereocenters. The van der Waals surface area contributed by atoms with Crippen LogP contribution in [0.3, 0.4) is 0 Å². The van der Waals surface area contributed by atoms with Crippen molar-refractivity contribution in [2.24, 2.45) is 0 Å². The van der Waals surface area contributed by atoms with Gasteiger partial charge in [0, 0.05) is 18.8 Å². The summed E-state index contributed by atoms with van der Waals surface area (Å²) >= 11 is 0. The molecule has 1 aliphatic heterocycles. The van der Waals surface area contributed by atoms with Gasteiger partial charge in [0.05, 0.1) is 12.0 Å². The molecule has 6 nitrogen and oxygen atoms in total. The van der Waals surface area contributed by atoms with E-state index in [0.29, 0.717) is 18.8 Å². The number of methoxy groups -OCH3 is 1. The summed E-state index contributed by atoms with van der Waals surface area (Å²) in [5.74, 6) is -0.0159. The number of pyridine rings is 1. The van der Waals surface area contributed by atoms with Gasteiger partial charge < -0.3 is 4.74 Å². The molecule has 2 aromatic rings. The van der Waals surface area contributed by atoms with Crippen LogP contribution in [0.5, 0.6) is 0 Å². The quantitative estimate of drug-likeness (QED) is 0.626. The molecule has 0 saturated heterocycles. The largest absolute Gasteiger partial charge is 0.466 e. The summed E-state index contributed by atoms with van der Waals surface area (Å²) in [5.41, 5.74) is 1.56. The van der Waals surface area contributed by atoms with Crippen LogP contribution in [0.2, 0.25) is 0 Å². The van der Waals surface area contributed by atoms with Crippen LogP contribution in [0.1, 0.15) is 11.1 Å². The lowest BCUT2D eigenvalue weighted by atomic mass is 10.1. The van der Waals surface area contributed by atoms with Gasteiger partial charge in [-0.1, -0.05) is 18.2 Å². The number of esters is 1. The third kappa shape index (κ3) is 3.03. The highest BCUT2D eigenvalue weighted by Gasteiger charge is 2.31. The van der Waals surface area contributed by atoms with E-state index in [1.54, 1.807) is 36.4 Å². The molecule has 0 fully saturated rings. The van der Waals surface area contributed by atoms with Gasteiger partial charge in [0.1, 0.15) is 5.82 Å². The van der Waals surface area contributed by atoms with Crippen LogP contribution in [-0.4, -0.2) is 33.0 Å². The summed E-state index contributed by atoms with van der Waals surface area (Å²) in [6, 6.07) is 10.1. The number of hydrogen-bond acceptors (Lipinski definition) is 5. The SMILES string of the molecule is COC(=O)C=Cc1cnc2c(c1)CCN2S(=O)(=O)c1ccccc1. The summed E-state index contributed by atoms with van der Waals surface area (Å²) in [7, 11) is -2.31. The van der Waals surface area contributed by atoms with E-state index in [1.807, 2.05) is 6.07 Å². The molecule has 0 amide bonds. The van der Waals surface area contributed by atoms with Gasteiger partial charge in [0.25, 0.3) is 10.0 Å². The topological polar surface area (TPSA) is 76.6 Å². The first-order chi connectivity index (χ1) is 11.5. The average Bonchev–Trinajstić information content (AvgIpc) is 3.04. The van der Waals surface area contributed by atoms with E-state index in [0.717, 1.165) is 11.1 Å². The molecule has 0 N–H and O–H groups in total. The highest BCUT2D eigenvalue weighted by molar-refractivity contribution is 7.92. The molecule has 0 aliphatic carbocycles. The number of rotatable bonds is 4. The van der Waals surface area contributed by atoms with Crippen molar-refractivity contribution < 1.29 is 17.9 Å². The zero-order valence-electron chi connectivity index (χ0n) is 13.0. The summed E-state index contributed by atoms with van der Waals surface area (Å²) in [6.07, 6.45) is 5.01. The lowest BCUT2D eigenvalue weighted by Gasteiger charge is -2.18. The molecule has 1 aliphatic rings. The minimum atomic E-state index is -3.62. The van der Waals surface area contributed by atoms with Gasteiger partial charge in [0.2, 0.25) is 0 Å². The number of anilines is 1. The molecule has 0 spiro atoms. The van der Waals surface area contributed by atoms with Crippen LogP contribution < -0.4 is 4.31 Å². The summed E-state index contributed by atoms with van der Waals surface area (Å²) < 4.78 is 31.4. The molecule has 0 radical (unpaired) electrons. The highest BCUT2D eigenvalue weighted by Crippen LogP contribution is 2.31. The first-order valence-electron chi connectivity index (χ1n) is 7.35. The van der Waals surface area contributed by atoms with E-state index < -0.39 is 16.0 Å². The molecule has 0 bridgehead atoms. The van der Waals surface area contributed by atoms with Crippen molar-refractivity contribution >= 4 is 27.9 Å². The van der Waals surface area contributed by atoms with Gasteiger partial charge >= 0.3 is 5.97 Å². The number of fused-ring (bicyclic) bond motifs is 1. The van der Waals surface area contributed by atoms with Crippen molar-refractivity contribution in [3.05, 3.63) is 59.8 Å². The Morgan fingerprint density at radius 3 is 2.75 bits per heavy atom. The van der Waals surface area contributed by atoms with E-state index in [1.165, 1.54) is 23.7 Å². The van der Waals surface area contributed by atoms with E-state index in [-0.39, 0.29) is 4.90 Å². The zero-order valence-corrected chi connectivity index (χ0v) is 13.9. The monoisotopic (exact) mass is 344 g/mol. The molecule has 0 unspecified atom stereocenters. The van der Waals surface area contributed by atoms with Crippen LogP contribution in [0, 0.1) is 0 Å². The second-order valence-corrected chi connectivity index (χ2v) is 7.11. The number of ether oxygens (including phenoxy) is 1. The Morgan fingerprint density at radius 2 is 2.04 bits per heavy atom. The third-order valence-corrected chi connectivity index (χ3v) is 5.53. The molecule has 0 saturated carbocycles. The zero-order chi connectivity index (χ0) is 17.2. The minimum Gasteiger partial charge on any atom is -0.466 e. The molecule has 2 heterocycles. The predicted molar refractivity (Wildman–Crippen MR) is 90.0 cm³/mol. The fourth-order valence-electron chi connectivity index (χ4n) is 2.54. The fraction of sp³-hybridized carbons (Fsp3) is 0.176. The maximum atomic E-state index is 12.7. The summed E-state index contributed by atoms with van der Waals surface area (Å²) in [6.45, 7) is 0.351. The number of aromatic nitrogens is 1. The van der Waals surface area contributed by atoms with Gasteiger partial charge in [-0.25, -0.2) is 22.5 Å². The Bertz CT molecular complexity index is 892. The molecule has 1 aromatic carbocycles. The number of nitrogens with zero attached hydrogens (tertiary/aromatic N) is 2. The van der Waals surface area contributed by atoms with Crippen molar-refractivity contribution in [1.82, 2.24) is 4.98 Å². The molecule has 24 heavy (non-hydrogen) atoms. The van der Waals surface area contributed by atoms with Crippen molar-refractivity contribution in [3.63, 3.8) is 0 Å². The Hall–Kier alpha value is -2.67. The molecule has 124 valence electrons. The van der Waals surface area contributed by atoms with Crippen molar-refractivity contribution in [1.29, 1.82) is 0 Å². The third-order valence-electron chi connectivity index (χ3n) is 3.73. The molecule has 7 heteroatoms. The normalized spacial score (nSPS) is 14.0. The van der Waals surface area contributed by atoms with Gasteiger partial charge in [0.15, 0.2) is 0 Å². The van der Waals surface area contributed by atoms with Gasteiger partial charge in [-0.3, -0.25) is 0 Å². The Balaban J connectivity index is 1.91. The minimum absolute atomic E-state index is 0.245. The number of carbonyl (C=O) groups is 1. The summed E-state index contributed by atoms with van der Waals surface area (Å²) in [4.78, 5) is 15.7. The Labute approximate surface area is 140 Å². The van der Waals surface area contributed by atoms with Crippen molar-refractivity contribution in [3.8, 4) is 0 Å². The van der Waals surface area contributed by atoms with Gasteiger partial charge in [-0.05, 0) is 41.8 Å². The van der Waals surface area contributed by atoms with Crippen LogP contribution in [-0.2, 0) is 26.0 Å². The van der Waals surface area contributed by atoms with Gasteiger partial charge in [-0.15, -0.1) is 0 Å². The van der Waals surface area contributed by atoms with E-state index in [4.69, 9.17) is 0 Å². The predicted octanol–water partition coefficient (Wildman–Crippen LogP) is 2.02. The van der Waals surface area contributed by atoms with Crippen LogP contribution in [0.4, 0.5) is 5.82 Å². The molecular weight excluding hydrogens is 328 g/mol. The van der Waals surface area contributed by atoms with Crippen molar-refractivity contribution in [2.75, 3.05) is 18.0 Å². The Morgan fingerprint density at radius 1 is 1.29 bits per heavy atom. The molecule has 1 aromatic heterocycles. The Kier molecular flexibility index (Phi) is 4.35. The van der Waals surface area contributed by atoms with E-state index in [9.17, 15) is 13.2 Å². The average molecular weight is 344 g/mol. The number of hydrogen-bond donors (Lipinski definition) is 0. The second kappa shape index (κ2) is 6.45. The number of carbonyl (C=O) groups excluding carboxylic acids is 1. The van der Waals surface area contributed by atoms with Crippen molar-refractivity contribution in [2.45, 2.75) is 11.3 Å². The first kappa shape index (κ1) is 16.2.